The highest BCUT2D eigenvalue weighted by molar-refractivity contribution is 7.13. The number of thiophene rings is 1. The van der Waals surface area contributed by atoms with Crippen molar-refractivity contribution in [3.05, 3.63) is 71.6 Å². The van der Waals surface area contributed by atoms with Crippen LogP contribution < -0.4 is 5.32 Å². The van der Waals surface area contributed by atoms with Crippen molar-refractivity contribution in [1.29, 1.82) is 0 Å². The van der Waals surface area contributed by atoms with E-state index in [9.17, 15) is 4.79 Å². The van der Waals surface area contributed by atoms with Gasteiger partial charge in [0.1, 0.15) is 0 Å². The van der Waals surface area contributed by atoms with Crippen LogP contribution >= 0.6 is 11.3 Å². The largest absolute Gasteiger partial charge is 0.352 e. The fraction of sp³-hybridized carbons (Fsp3) is 0.190. The Morgan fingerprint density at radius 3 is 2.96 bits per heavy atom. The summed E-state index contributed by atoms with van der Waals surface area (Å²) in [6, 6.07) is 12.0. The molecule has 0 unspecified atom stereocenters. The molecule has 5 nitrogen and oxygen atoms in total. The van der Waals surface area contributed by atoms with Crippen LogP contribution in [-0.2, 0) is 6.54 Å². The van der Waals surface area contributed by atoms with Gasteiger partial charge < -0.3 is 9.88 Å². The third-order valence-electron chi connectivity index (χ3n) is 4.42. The van der Waals surface area contributed by atoms with Crippen LogP contribution in [0.2, 0.25) is 0 Å². The van der Waals surface area contributed by atoms with E-state index in [1.165, 1.54) is 0 Å². The number of nitrogens with zero attached hydrogens (tertiary/aromatic N) is 3. The van der Waals surface area contributed by atoms with Crippen LogP contribution in [0.1, 0.15) is 22.3 Å². The van der Waals surface area contributed by atoms with Gasteiger partial charge in [-0.2, -0.15) is 0 Å². The SMILES string of the molecule is Cc1ccc2nc(-c3cccs3)cc(C(=O)NCCCn3ccnc3)c2c1. The van der Waals surface area contributed by atoms with Crippen molar-refractivity contribution in [2.24, 2.45) is 0 Å². The highest BCUT2D eigenvalue weighted by atomic mass is 32.1. The molecule has 0 bridgehead atoms. The summed E-state index contributed by atoms with van der Waals surface area (Å²) in [6.07, 6.45) is 6.32. The van der Waals surface area contributed by atoms with E-state index in [4.69, 9.17) is 4.98 Å². The van der Waals surface area contributed by atoms with Crippen molar-refractivity contribution in [3.63, 3.8) is 0 Å². The quantitative estimate of drug-likeness (QED) is 0.511. The molecule has 3 aromatic heterocycles. The monoisotopic (exact) mass is 376 g/mol. The molecule has 0 aliphatic carbocycles. The Morgan fingerprint density at radius 2 is 2.19 bits per heavy atom. The minimum Gasteiger partial charge on any atom is -0.352 e. The molecule has 136 valence electrons. The van der Waals surface area contributed by atoms with Crippen LogP contribution in [0.3, 0.4) is 0 Å². The first kappa shape index (κ1) is 17.4. The molecule has 0 saturated carbocycles. The molecule has 6 heteroatoms. The van der Waals surface area contributed by atoms with Gasteiger partial charge >= 0.3 is 0 Å². The highest BCUT2D eigenvalue weighted by Crippen LogP contribution is 2.28. The Hall–Kier alpha value is -2.99. The summed E-state index contributed by atoms with van der Waals surface area (Å²) in [4.78, 5) is 22.7. The second kappa shape index (κ2) is 7.72. The number of aromatic nitrogens is 3. The zero-order valence-electron chi connectivity index (χ0n) is 15.1. The summed E-state index contributed by atoms with van der Waals surface area (Å²) >= 11 is 1.63. The number of hydrogen-bond acceptors (Lipinski definition) is 4. The van der Waals surface area contributed by atoms with Gasteiger partial charge in [-0.25, -0.2) is 9.97 Å². The lowest BCUT2D eigenvalue weighted by Crippen LogP contribution is -2.25. The molecule has 1 aromatic carbocycles. The van der Waals surface area contributed by atoms with Gasteiger partial charge in [-0.3, -0.25) is 4.79 Å². The minimum absolute atomic E-state index is 0.0589. The second-order valence-corrected chi connectivity index (χ2v) is 7.41. The average Bonchev–Trinajstić information content (AvgIpc) is 3.38. The van der Waals surface area contributed by atoms with Crippen molar-refractivity contribution in [3.8, 4) is 10.6 Å². The smallest absolute Gasteiger partial charge is 0.252 e. The Morgan fingerprint density at radius 1 is 1.26 bits per heavy atom. The third kappa shape index (κ3) is 3.90. The number of pyridine rings is 1. The highest BCUT2D eigenvalue weighted by Gasteiger charge is 2.14. The number of amides is 1. The zero-order valence-corrected chi connectivity index (χ0v) is 15.9. The van der Waals surface area contributed by atoms with Gasteiger partial charge in [-0.05, 0) is 43.0 Å². The minimum atomic E-state index is -0.0589. The molecule has 0 saturated heterocycles. The number of imidazole rings is 1. The second-order valence-electron chi connectivity index (χ2n) is 6.46. The molecular formula is C21H20N4OS. The maximum absolute atomic E-state index is 12.9. The molecule has 0 fully saturated rings. The molecule has 4 aromatic rings. The van der Waals surface area contributed by atoms with E-state index >= 15 is 0 Å². The summed E-state index contributed by atoms with van der Waals surface area (Å²) in [6.45, 7) is 3.47. The first-order chi connectivity index (χ1) is 13.2. The van der Waals surface area contributed by atoms with Crippen LogP contribution in [0.15, 0.2) is 60.5 Å². The predicted octanol–water partition coefficient (Wildman–Crippen LogP) is 4.29. The molecule has 0 spiro atoms. The van der Waals surface area contributed by atoms with Gasteiger partial charge in [-0.15, -0.1) is 11.3 Å². The van der Waals surface area contributed by atoms with Crippen molar-refractivity contribution in [2.45, 2.75) is 19.9 Å². The van der Waals surface area contributed by atoms with E-state index in [1.807, 2.05) is 59.5 Å². The van der Waals surface area contributed by atoms with E-state index < -0.39 is 0 Å². The molecule has 0 radical (unpaired) electrons. The molecule has 0 aliphatic heterocycles. The van der Waals surface area contributed by atoms with E-state index in [0.29, 0.717) is 12.1 Å². The molecule has 3 heterocycles. The molecule has 4 rings (SSSR count). The van der Waals surface area contributed by atoms with E-state index in [-0.39, 0.29) is 5.91 Å². The van der Waals surface area contributed by atoms with Crippen molar-refractivity contribution in [1.82, 2.24) is 19.9 Å². The van der Waals surface area contributed by atoms with Gasteiger partial charge in [0, 0.05) is 30.9 Å². The Bertz CT molecular complexity index is 1060. The molecule has 0 atom stereocenters. The number of rotatable bonds is 6. The maximum Gasteiger partial charge on any atom is 0.252 e. The Labute approximate surface area is 161 Å². The van der Waals surface area contributed by atoms with Gasteiger partial charge in [0.2, 0.25) is 0 Å². The normalized spacial score (nSPS) is 11.0. The summed E-state index contributed by atoms with van der Waals surface area (Å²) in [5.74, 6) is -0.0589. The summed E-state index contributed by atoms with van der Waals surface area (Å²) in [5, 5.41) is 5.96. The fourth-order valence-electron chi connectivity index (χ4n) is 3.06. The summed E-state index contributed by atoms with van der Waals surface area (Å²) < 4.78 is 2.01. The lowest BCUT2D eigenvalue weighted by Gasteiger charge is -2.11. The van der Waals surface area contributed by atoms with Gasteiger partial charge in [0.05, 0.1) is 28.0 Å². The predicted molar refractivity (Wildman–Crippen MR) is 109 cm³/mol. The standard InChI is InChI=1S/C21H20N4OS/c1-15-5-6-18-16(12-15)17(13-19(24-18)20-4-2-11-27-20)21(26)23-7-3-9-25-10-8-22-14-25/h2,4-6,8,10-14H,3,7,9H2,1H3,(H,23,26). The number of nitrogens with one attached hydrogen (secondary N) is 1. The van der Waals surface area contributed by atoms with Crippen molar-refractivity contribution >= 4 is 28.1 Å². The number of carbonyl (C=O) groups excluding carboxylic acids is 1. The lowest BCUT2D eigenvalue weighted by atomic mass is 10.0. The number of fused-ring (bicyclic) bond motifs is 1. The van der Waals surface area contributed by atoms with Crippen LogP contribution in [0.4, 0.5) is 0 Å². The maximum atomic E-state index is 12.9. The third-order valence-corrected chi connectivity index (χ3v) is 5.31. The van der Waals surface area contributed by atoms with Crippen molar-refractivity contribution in [2.75, 3.05) is 6.54 Å². The first-order valence-electron chi connectivity index (χ1n) is 8.90. The molecule has 0 aliphatic rings. The lowest BCUT2D eigenvalue weighted by molar-refractivity contribution is 0.0954. The van der Waals surface area contributed by atoms with E-state index in [1.54, 1.807) is 23.9 Å². The van der Waals surface area contributed by atoms with Crippen LogP contribution in [-0.4, -0.2) is 27.0 Å². The van der Waals surface area contributed by atoms with Crippen LogP contribution in [0.25, 0.3) is 21.5 Å². The fourth-order valence-corrected chi connectivity index (χ4v) is 3.74. The van der Waals surface area contributed by atoms with Crippen LogP contribution in [0.5, 0.6) is 0 Å². The molecule has 27 heavy (non-hydrogen) atoms. The zero-order chi connectivity index (χ0) is 18.6. The van der Waals surface area contributed by atoms with Gasteiger partial charge in [0.25, 0.3) is 5.91 Å². The Balaban J connectivity index is 1.58. The molecule has 1 N–H and O–H groups in total. The van der Waals surface area contributed by atoms with Gasteiger partial charge in [-0.1, -0.05) is 17.7 Å². The first-order valence-corrected chi connectivity index (χ1v) is 9.78. The van der Waals surface area contributed by atoms with Crippen molar-refractivity contribution < 1.29 is 4.79 Å². The van der Waals surface area contributed by atoms with Gasteiger partial charge in [0.15, 0.2) is 0 Å². The molecular weight excluding hydrogens is 356 g/mol. The topological polar surface area (TPSA) is 59.8 Å². The number of aryl methyl sites for hydroxylation is 2. The summed E-state index contributed by atoms with van der Waals surface area (Å²) in [7, 11) is 0. The van der Waals surface area contributed by atoms with E-state index in [0.717, 1.165) is 40.0 Å². The number of hydrogen-bond donors (Lipinski definition) is 1. The number of carbonyl (C=O) groups is 1. The average molecular weight is 376 g/mol. The number of benzene rings is 1. The molecule has 1 amide bonds. The summed E-state index contributed by atoms with van der Waals surface area (Å²) in [5.41, 5.74) is 3.47. The van der Waals surface area contributed by atoms with E-state index in [2.05, 4.69) is 10.3 Å². The Kier molecular flexibility index (Phi) is 4.98. The van der Waals surface area contributed by atoms with Crippen LogP contribution in [0, 0.1) is 6.92 Å².